The van der Waals surface area contributed by atoms with Crippen molar-refractivity contribution in [3.05, 3.63) is 66.0 Å². The average molecular weight is 279 g/mol. The summed E-state index contributed by atoms with van der Waals surface area (Å²) in [6, 6.07) is 14.5. The van der Waals surface area contributed by atoms with Crippen LogP contribution < -0.4 is 0 Å². The second-order valence-electron chi connectivity index (χ2n) is 4.73. The minimum Gasteiger partial charge on any atom is -0.478 e. The summed E-state index contributed by atoms with van der Waals surface area (Å²) < 4.78 is 1.69. The van der Waals surface area contributed by atoms with E-state index in [0.717, 1.165) is 11.3 Å². The molecule has 0 saturated carbocycles. The van der Waals surface area contributed by atoms with E-state index in [1.54, 1.807) is 35.3 Å². The maximum atomic E-state index is 10.8. The van der Waals surface area contributed by atoms with Crippen LogP contribution in [0.3, 0.4) is 0 Å². The Bertz CT molecular complexity index is 774. The summed E-state index contributed by atoms with van der Waals surface area (Å²) in [6.45, 7) is 2.03. The van der Waals surface area contributed by atoms with Crippen molar-refractivity contribution in [1.82, 2.24) is 14.8 Å². The Balaban J connectivity index is 1.90. The first kappa shape index (κ1) is 13.1. The maximum absolute atomic E-state index is 10.8. The first-order chi connectivity index (χ1) is 10.1. The summed E-state index contributed by atoms with van der Waals surface area (Å²) in [5, 5.41) is 13.3. The number of nitrogens with zero attached hydrogens (tertiary/aromatic N) is 3. The van der Waals surface area contributed by atoms with E-state index in [-0.39, 0.29) is 5.56 Å². The Morgan fingerprint density at radius 2 is 1.71 bits per heavy atom. The van der Waals surface area contributed by atoms with Crippen LogP contribution in [0.1, 0.15) is 15.9 Å². The van der Waals surface area contributed by atoms with Crippen LogP contribution in [-0.4, -0.2) is 25.8 Å². The molecule has 0 fully saturated rings. The number of carboxylic acid groups (broad SMARTS) is 1. The first-order valence-electron chi connectivity index (χ1n) is 6.46. The summed E-state index contributed by atoms with van der Waals surface area (Å²) >= 11 is 0. The van der Waals surface area contributed by atoms with Gasteiger partial charge >= 0.3 is 5.97 Å². The Morgan fingerprint density at radius 1 is 1.05 bits per heavy atom. The lowest BCUT2D eigenvalue weighted by Crippen LogP contribution is -1.96. The number of rotatable bonds is 3. The molecular formula is C16H13N3O2. The zero-order valence-corrected chi connectivity index (χ0v) is 11.4. The summed E-state index contributed by atoms with van der Waals surface area (Å²) in [6.07, 6.45) is 1.64. The van der Waals surface area contributed by atoms with Crippen molar-refractivity contribution in [3.63, 3.8) is 0 Å². The van der Waals surface area contributed by atoms with Gasteiger partial charge in [-0.3, -0.25) is 0 Å². The molecule has 21 heavy (non-hydrogen) atoms. The molecule has 0 aliphatic heterocycles. The van der Waals surface area contributed by atoms with Crippen molar-refractivity contribution < 1.29 is 9.90 Å². The molecule has 3 aromatic rings. The third kappa shape index (κ3) is 2.67. The number of benzene rings is 2. The van der Waals surface area contributed by atoms with E-state index in [2.05, 4.69) is 10.1 Å². The molecule has 104 valence electrons. The molecule has 5 heteroatoms. The fourth-order valence-electron chi connectivity index (χ4n) is 1.98. The summed E-state index contributed by atoms with van der Waals surface area (Å²) in [5.41, 5.74) is 3.15. The smallest absolute Gasteiger partial charge is 0.335 e. The molecule has 0 unspecified atom stereocenters. The molecule has 0 atom stereocenters. The van der Waals surface area contributed by atoms with Crippen LogP contribution in [0.2, 0.25) is 0 Å². The van der Waals surface area contributed by atoms with Crippen LogP contribution in [0.5, 0.6) is 0 Å². The van der Waals surface area contributed by atoms with Crippen molar-refractivity contribution in [2.45, 2.75) is 6.92 Å². The topological polar surface area (TPSA) is 68.0 Å². The quantitative estimate of drug-likeness (QED) is 0.800. The molecule has 0 radical (unpaired) electrons. The van der Waals surface area contributed by atoms with Crippen molar-refractivity contribution in [3.8, 4) is 17.1 Å². The molecule has 0 aliphatic carbocycles. The number of hydrogen-bond acceptors (Lipinski definition) is 3. The van der Waals surface area contributed by atoms with Gasteiger partial charge < -0.3 is 5.11 Å². The second-order valence-corrected chi connectivity index (χ2v) is 4.73. The normalized spacial score (nSPS) is 10.5. The molecule has 3 rings (SSSR count). The maximum Gasteiger partial charge on any atom is 0.335 e. The zero-order chi connectivity index (χ0) is 14.8. The fraction of sp³-hybridized carbons (Fsp3) is 0.0625. The van der Waals surface area contributed by atoms with Gasteiger partial charge in [-0.15, -0.1) is 5.10 Å². The zero-order valence-electron chi connectivity index (χ0n) is 11.4. The molecular weight excluding hydrogens is 266 g/mol. The van der Waals surface area contributed by atoms with E-state index < -0.39 is 5.97 Å². The van der Waals surface area contributed by atoms with Gasteiger partial charge in [0.2, 0.25) is 0 Å². The standard InChI is InChI=1S/C16H13N3O2/c1-11-2-8-14(9-3-11)19-10-17-15(18-19)12-4-6-13(7-5-12)16(20)21/h2-10H,1H3,(H,20,21). The Morgan fingerprint density at radius 3 is 2.33 bits per heavy atom. The van der Waals surface area contributed by atoms with E-state index in [0.29, 0.717) is 5.82 Å². The van der Waals surface area contributed by atoms with Crippen LogP contribution in [0.15, 0.2) is 54.9 Å². The van der Waals surface area contributed by atoms with Gasteiger partial charge in [0, 0.05) is 5.56 Å². The third-order valence-corrected chi connectivity index (χ3v) is 3.18. The largest absolute Gasteiger partial charge is 0.478 e. The van der Waals surface area contributed by atoms with Gasteiger partial charge in [-0.2, -0.15) is 0 Å². The van der Waals surface area contributed by atoms with Crippen LogP contribution in [-0.2, 0) is 0 Å². The van der Waals surface area contributed by atoms with Gasteiger partial charge in [-0.05, 0) is 31.2 Å². The number of aromatic carboxylic acids is 1. The van der Waals surface area contributed by atoms with Crippen molar-refractivity contribution in [2.75, 3.05) is 0 Å². The molecule has 2 aromatic carbocycles. The molecule has 0 aliphatic rings. The average Bonchev–Trinajstić information content (AvgIpc) is 2.98. The number of carboxylic acids is 1. The minimum absolute atomic E-state index is 0.247. The van der Waals surface area contributed by atoms with Crippen LogP contribution in [0.25, 0.3) is 17.1 Å². The fourth-order valence-corrected chi connectivity index (χ4v) is 1.98. The van der Waals surface area contributed by atoms with E-state index in [1.165, 1.54) is 5.56 Å². The Labute approximate surface area is 121 Å². The molecule has 1 N–H and O–H groups in total. The van der Waals surface area contributed by atoms with E-state index in [4.69, 9.17) is 5.11 Å². The lowest BCUT2D eigenvalue weighted by atomic mass is 10.1. The number of carbonyl (C=O) groups is 1. The lowest BCUT2D eigenvalue weighted by Gasteiger charge is -2.00. The highest BCUT2D eigenvalue weighted by Crippen LogP contribution is 2.17. The van der Waals surface area contributed by atoms with Gasteiger partial charge in [0.15, 0.2) is 5.82 Å². The predicted molar refractivity (Wildman–Crippen MR) is 78.5 cm³/mol. The predicted octanol–water partition coefficient (Wildman–Crippen LogP) is 2.94. The lowest BCUT2D eigenvalue weighted by molar-refractivity contribution is 0.0697. The summed E-state index contributed by atoms with van der Waals surface area (Å²) in [5.74, 6) is -0.382. The Hall–Kier alpha value is -2.95. The van der Waals surface area contributed by atoms with E-state index >= 15 is 0 Å². The highest BCUT2D eigenvalue weighted by atomic mass is 16.4. The molecule has 0 spiro atoms. The highest BCUT2D eigenvalue weighted by molar-refractivity contribution is 5.88. The number of aromatic nitrogens is 3. The van der Waals surface area contributed by atoms with Crippen LogP contribution >= 0.6 is 0 Å². The van der Waals surface area contributed by atoms with Gasteiger partial charge in [0.25, 0.3) is 0 Å². The van der Waals surface area contributed by atoms with Crippen molar-refractivity contribution >= 4 is 5.97 Å². The molecule has 1 aromatic heterocycles. The second kappa shape index (κ2) is 5.20. The van der Waals surface area contributed by atoms with Crippen molar-refractivity contribution in [1.29, 1.82) is 0 Å². The summed E-state index contributed by atoms with van der Waals surface area (Å²) in [7, 11) is 0. The molecule has 0 amide bonds. The van der Waals surface area contributed by atoms with Crippen molar-refractivity contribution in [2.24, 2.45) is 0 Å². The monoisotopic (exact) mass is 279 g/mol. The molecule has 5 nitrogen and oxygen atoms in total. The van der Waals surface area contributed by atoms with Gasteiger partial charge in [0.1, 0.15) is 6.33 Å². The van der Waals surface area contributed by atoms with Crippen LogP contribution in [0.4, 0.5) is 0 Å². The van der Waals surface area contributed by atoms with Gasteiger partial charge in [-0.1, -0.05) is 29.8 Å². The van der Waals surface area contributed by atoms with Crippen LogP contribution in [0, 0.1) is 6.92 Å². The minimum atomic E-state index is -0.945. The summed E-state index contributed by atoms with van der Waals surface area (Å²) in [4.78, 5) is 15.1. The SMILES string of the molecule is Cc1ccc(-n2cnc(-c3ccc(C(=O)O)cc3)n2)cc1. The first-order valence-corrected chi connectivity index (χ1v) is 6.46. The van der Waals surface area contributed by atoms with E-state index in [1.807, 2.05) is 31.2 Å². The third-order valence-electron chi connectivity index (χ3n) is 3.18. The highest BCUT2D eigenvalue weighted by Gasteiger charge is 2.07. The molecule has 1 heterocycles. The van der Waals surface area contributed by atoms with Gasteiger partial charge in [0.05, 0.1) is 11.3 Å². The Kier molecular flexibility index (Phi) is 3.23. The molecule has 0 bridgehead atoms. The van der Waals surface area contributed by atoms with Gasteiger partial charge in [-0.25, -0.2) is 14.5 Å². The number of aryl methyl sites for hydroxylation is 1. The van der Waals surface area contributed by atoms with E-state index in [9.17, 15) is 4.79 Å². The number of hydrogen-bond donors (Lipinski definition) is 1. The molecule has 0 saturated heterocycles.